The number of rotatable bonds is 2. The Balaban J connectivity index is 1.71. The number of fused-ring (bicyclic) bond motifs is 1. The Hall–Kier alpha value is -1.09. The summed E-state index contributed by atoms with van der Waals surface area (Å²) in [6.07, 6.45) is -2.31. The molecule has 128 valence electrons. The lowest BCUT2D eigenvalue weighted by molar-refractivity contribution is -0.143. The zero-order valence-corrected chi connectivity index (χ0v) is 14.3. The smallest absolute Gasteiger partial charge is 0.338 e. The number of carbonyl (C=O) groups excluding carboxylic acids is 1. The van der Waals surface area contributed by atoms with Gasteiger partial charge in [-0.25, -0.2) is 0 Å². The molecule has 0 aliphatic carbocycles. The third-order valence-electron chi connectivity index (χ3n) is 4.63. The van der Waals surface area contributed by atoms with Gasteiger partial charge in [-0.2, -0.15) is 18.3 Å². The lowest BCUT2D eigenvalue weighted by Gasteiger charge is -2.37. The van der Waals surface area contributed by atoms with Crippen molar-refractivity contribution in [1.82, 2.24) is 19.6 Å². The van der Waals surface area contributed by atoms with E-state index in [9.17, 15) is 18.0 Å². The van der Waals surface area contributed by atoms with Crippen molar-refractivity contribution in [2.75, 3.05) is 26.2 Å². The molecule has 2 fully saturated rings. The van der Waals surface area contributed by atoms with Crippen LogP contribution in [-0.4, -0.2) is 57.7 Å². The first kappa shape index (κ1) is 16.8. The number of amides is 1. The van der Waals surface area contributed by atoms with Crippen LogP contribution in [0, 0.1) is 6.92 Å². The maximum Gasteiger partial charge on any atom is 0.436 e. The molecule has 3 rings (SSSR count). The molecule has 0 unspecified atom stereocenters. The fraction of sp³-hybridized carbons (Fsp3) is 0.714. The average molecular weight is 395 g/mol. The lowest BCUT2D eigenvalue weighted by Crippen LogP contribution is -2.52. The van der Waals surface area contributed by atoms with Crippen LogP contribution in [0.2, 0.25) is 0 Å². The van der Waals surface area contributed by atoms with Crippen LogP contribution in [0.1, 0.15) is 24.2 Å². The molecule has 1 aromatic rings. The molecule has 0 N–H and O–H groups in total. The lowest BCUT2D eigenvalue weighted by atomic mass is 10.1. The van der Waals surface area contributed by atoms with Crippen LogP contribution in [0.5, 0.6) is 0 Å². The third kappa shape index (κ3) is 3.26. The fourth-order valence-corrected chi connectivity index (χ4v) is 3.81. The van der Waals surface area contributed by atoms with E-state index in [1.807, 2.05) is 0 Å². The van der Waals surface area contributed by atoms with Crippen molar-refractivity contribution in [2.45, 2.75) is 38.5 Å². The van der Waals surface area contributed by atoms with Gasteiger partial charge in [0.15, 0.2) is 5.69 Å². The minimum Gasteiger partial charge on any atom is -0.338 e. The first-order valence-corrected chi connectivity index (χ1v) is 8.38. The highest BCUT2D eigenvalue weighted by Gasteiger charge is 2.38. The van der Waals surface area contributed by atoms with Gasteiger partial charge >= 0.3 is 6.18 Å². The molecule has 0 bridgehead atoms. The summed E-state index contributed by atoms with van der Waals surface area (Å²) in [6.45, 7) is 4.57. The van der Waals surface area contributed by atoms with Gasteiger partial charge in [0.05, 0.1) is 10.2 Å². The summed E-state index contributed by atoms with van der Waals surface area (Å²) in [5, 5.41) is 3.57. The molecule has 1 atom stereocenters. The van der Waals surface area contributed by atoms with E-state index in [-0.39, 0.29) is 16.9 Å². The maximum absolute atomic E-state index is 12.9. The molecule has 2 saturated heterocycles. The van der Waals surface area contributed by atoms with Gasteiger partial charge in [0.25, 0.3) is 0 Å². The Bertz CT molecular complexity index is 616. The van der Waals surface area contributed by atoms with Gasteiger partial charge < -0.3 is 4.90 Å². The molecule has 2 aliphatic rings. The van der Waals surface area contributed by atoms with Gasteiger partial charge in [0.1, 0.15) is 6.54 Å². The number of carbonyl (C=O) groups is 1. The van der Waals surface area contributed by atoms with Crippen LogP contribution in [0.25, 0.3) is 0 Å². The van der Waals surface area contributed by atoms with Crippen LogP contribution in [-0.2, 0) is 17.5 Å². The molecular formula is C14H18BrF3N4O. The summed E-state index contributed by atoms with van der Waals surface area (Å²) in [7, 11) is 0. The first-order chi connectivity index (χ1) is 10.8. The van der Waals surface area contributed by atoms with E-state index in [1.54, 1.807) is 4.90 Å². The molecule has 0 aromatic carbocycles. The zero-order chi connectivity index (χ0) is 16.8. The van der Waals surface area contributed by atoms with Crippen molar-refractivity contribution in [3.05, 3.63) is 15.9 Å². The number of nitrogens with zero attached hydrogens (tertiary/aromatic N) is 4. The van der Waals surface area contributed by atoms with Crippen molar-refractivity contribution in [3.63, 3.8) is 0 Å². The fourth-order valence-electron chi connectivity index (χ4n) is 3.31. The normalized spacial score (nSPS) is 22.5. The molecule has 2 aliphatic heterocycles. The predicted octanol–water partition coefficient (Wildman–Crippen LogP) is 2.28. The molecule has 23 heavy (non-hydrogen) atoms. The van der Waals surface area contributed by atoms with E-state index in [0.29, 0.717) is 24.8 Å². The van der Waals surface area contributed by atoms with Gasteiger partial charge in [-0.1, -0.05) is 0 Å². The zero-order valence-electron chi connectivity index (χ0n) is 12.7. The number of alkyl halides is 3. The van der Waals surface area contributed by atoms with Crippen molar-refractivity contribution < 1.29 is 18.0 Å². The topological polar surface area (TPSA) is 41.4 Å². The van der Waals surface area contributed by atoms with Crippen LogP contribution in [0.3, 0.4) is 0 Å². The second-order valence-electron chi connectivity index (χ2n) is 6.08. The number of hydrogen-bond donors (Lipinski definition) is 0. The predicted molar refractivity (Wildman–Crippen MR) is 80.8 cm³/mol. The van der Waals surface area contributed by atoms with Crippen LogP contribution in [0.15, 0.2) is 4.47 Å². The van der Waals surface area contributed by atoms with Gasteiger partial charge in [0.2, 0.25) is 5.91 Å². The Morgan fingerprint density at radius 1 is 1.35 bits per heavy atom. The molecule has 0 saturated carbocycles. The molecule has 5 nitrogen and oxygen atoms in total. The minimum absolute atomic E-state index is 0.0987. The van der Waals surface area contributed by atoms with Gasteiger partial charge in [0, 0.05) is 25.7 Å². The van der Waals surface area contributed by atoms with Crippen LogP contribution < -0.4 is 0 Å². The largest absolute Gasteiger partial charge is 0.436 e. The number of hydrogen-bond acceptors (Lipinski definition) is 3. The van der Waals surface area contributed by atoms with Gasteiger partial charge in [-0.05, 0) is 42.2 Å². The molecule has 9 heteroatoms. The van der Waals surface area contributed by atoms with Crippen molar-refractivity contribution >= 4 is 21.8 Å². The monoisotopic (exact) mass is 394 g/mol. The van der Waals surface area contributed by atoms with E-state index in [0.717, 1.165) is 30.6 Å². The van der Waals surface area contributed by atoms with Crippen molar-refractivity contribution in [3.8, 4) is 0 Å². The Morgan fingerprint density at radius 2 is 2.09 bits per heavy atom. The first-order valence-electron chi connectivity index (χ1n) is 7.59. The number of halogens is 4. The molecule has 1 aromatic heterocycles. The molecule has 3 heterocycles. The SMILES string of the molecule is Cc1c(Br)c(C(F)(F)F)nn1CC(=O)N1CCN2CCC[C@H]2C1. The van der Waals surface area contributed by atoms with E-state index in [4.69, 9.17) is 0 Å². The van der Waals surface area contributed by atoms with Crippen molar-refractivity contribution in [2.24, 2.45) is 0 Å². The number of aromatic nitrogens is 2. The quantitative estimate of drug-likeness (QED) is 0.772. The Kier molecular flexibility index (Phi) is 4.43. The Labute approximate surface area is 140 Å². The standard InChI is InChI=1S/C14H18BrF3N4O/c1-9-12(15)13(14(16,17)18)19-22(9)8-11(23)21-6-5-20-4-2-3-10(20)7-21/h10H,2-8H2,1H3/t10-/m0/s1. The minimum atomic E-state index is -4.53. The van der Waals surface area contributed by atoms with E-state index < -0.39 is 11.9 Å². The molecule has 0 radical (unpaired) electrons. The average Bonchev–Trinajstić information content (AvgIpc) is 3.05. The Morgan fingerprint density at radius 3 is 2.74 bits per heavy atom. The van der Waals surface area contributed by atoms with E-state index in [2.05, 4.69) is 25.9 Å². The second kappa shape index (κ2) is 6.08. The van der Waals surface area contributed by atoms with Gasteiger partial charge in [-0.3, -0.25) is 14.4 Å². The summed E-state index contributed by atoms with van der Waals surface area (Å²) in [5.41, 5.74) is -0.673. The summed E-state index contributed by atoms with van der Waals surface area (Å²) in [6, 6.07) is 0.392. The highest BCUT2D eigenvalue weighted by Crippen LogP contribution is 2.35. The molecule has 0 spiro atoms. The maximum atomic E-state index is 12.9. The van der Waals surface area contributed by atoms with Crippen molar-refractivity contribution in [1.29, 1.82) is 0 Å². The van der Waals surface area contributed by atoms with Gasteiger partial charge in [-0.15, -0.1) is 0 Å². The summed E-state index contributed by atoms with van der Waals surface area (Å²) >= 11 is 2.92. The van der Waals surface area contributed by atoms with Crippen LogP contribution >= 0.6 is 15.9 Å². The second-order valence-corrected chi connectivity index (χ2v) is 6.87. The summed E-state index contributed by atoms with van der Waals surface area (Å²) in [5.74, 6) is -0.177. The third-order valence-corrected chi connectivity index (χ3v) is 5.58. The number of piperazine rings is 1. The summed E-state index contributed by atoms with van der Waals surface area (Å²) < 4.78 is 39.7. The van der Waals surface area contributed by atoms with Crippen LogP contribution in [0.4, 0.5) is 13.2 Å². The molecular weight excluding hydrogens is 377 g/mol. The molecule has 1 amide bonds. The highest BCUT2D eigenvalue weighted by atomic mass is 79.9. The highest BCUT2D eigenvalue weighted by molar-refractivity contribution is 9.10. The van der Waals surface area contributed by atoms with E-state index >= 15 is 0 Å². The summed E-state index contributed by atoms with van der Waals surface area (Å²) in [4.78, 5) is 16.5. The van der Waals surface area contributed by atoms with E-state index in [1.165, 1.54) is 6.92 Å².